The molecule has 0 radical (unpaired) electrons. The molecule has 6 heteroatoms. The third-order valence-corrected chi connectivity index (χ3v) is 4.57. The summed E-state index contributed by atoms with van der Waals surface area (Å²) >= 11 is 5.70. The van der Waals surface area contributed by atoms with Crippen LogP contribution in [0.1, 0.15) is 55.5 Å². The van der Waals surface area contributed by atoms with Crippen LogP contribution in [0.25, 0.3) is 0 Å². The molecule has 1 aromatic carbocycles. The minimum atomic E-state index is -2.76. The zero-order valence-electron chi connectivity index (χ0n) is 20.7. The first-order valence-corrected chi connectivity index (χ1v) is 8.85. The number of pyridine rings is 1. The molecular weight excluding hydrogens is 370 g/mol. The topological polar surface area (TPSA) is 33.2 Å². The number of amides is 1. The van der Waals surface area contributed by atoms with E-state index in [9.17, 15) is 9.18 Å². The molecule has 1 fully saturated rings. The number of rotatable bonds is 5. The number of halogens is 3. The molecule has 3 rings (SSSR count). The summed E-state index contributed by atoms with van der Waals surface area (Å²) in [7, 11) is 0. The maximum Gasteiger partial charge on any atom is 0.253 e. The quantitative estimate of drug-likeness (QED) is 0.697. The number of carbonyl (C=O) groups excluding carboxylic acids is 1. The molecule has 1 aromatic heterocycles. The number of piperidine rings is 1. The van der Waals surface area contributed by atoms with Crippen LogP contribution in [-0.2, 0) is 6.37 Å². The van der Waals surface area contributed by atoms with E-state index in [1.165, 1.54) is 12.3 Å². The number of benzene rings is 1. The van der Waals surface area contributed by atoms with Gasteiger partial charge in [-0.25, -0.2) is 8.78 Å². The van der Waals surface area contributed by atoms with Gasteiger partial charge >= 0.3 is 0 Å². The van der Waals surface area contributed by atoms with E-state index in [0.717, 1.165) is 28.7 Å². The zero-order chi connectivity index (χ0) is 24.8. The second kappa shape index (κ2) is 8.34. The lowest BCUT2D eigenvalue weighted by Gasteiger charge is -2.36. The van der Waals surface area contributed by atoms with E-state index < -0.39 is 62.4 Å². The van der Waals surface area contributed by atoms with Gasteiger partial charge in [-0.05, 0) is 68.8 Å². The molecule has 0 N–H and O–H groups in total. The van der Waals surface area contributed by atoms with Crippen LogP contribution in [0, 0.1) is 12.7 Å². The van der Waals surface area contributed by atoms with Crippen molar-refractivity contribution in [3.05, 3.63) is 64.2 Å². The van der Waals surface area contributed by atoms with E-state index in [1.807, 2.05) is 0 Å². The maximum atomic E-state index is 15.9. The molecule has 0 spiro atoms. The van der Waals surface area contributed by atoms with Gasteiger partial charge in [-0.15, -0.1) is 0 Å². The monoisotopic (exact) mass is 398 g/mol. The number of aryl methyl sites for hydroxylation is 2. The van der Waals surface area contributed by atoms with E-state index in [1.54, 1.807) is 13.0 Å². The minimum absolute atomic E-state index is 0.0515. The zero-order valence-corrected chi connectivity index (χ0v) is 15.5. The molecule has 1 unspecified atom stereocenters. The van der Waals surface area contributed by atoms with Crippen molar-refractivity contribution in [2.75, 3.05) is 13.0 Å². The molecule has 1 aliphatic heterocycles. The van der Waals surface area contributed by atoms with E-state index in [2.05, 4.69) is 4.98 Å². The Morgan fingerprint density at radius 3 is 2.89 bits per heavy atom. The van der Waals surface area contributed by atoms with Crippen LogP contribution < -0.4 is 0 Å². The van der Waals surface area contributed by atoms with E-state index in [4.69, 9.17) is 19.8 Å². The molecule has 0 aliphatic carbocycles. The fourth-order valence-electron chi connectivity index (χ4n) is 2.65. The summed E-state index contributed by atoms with van der Waals surface area (Å²) in [5, 5.41) is -0.318. The van der Waals surface area contributed by atoms with E-state index in [-0.39, 0.29) is 16.3 Å². The highest BCUT2D eigenvalue weighted by molar-refractivity contribution is 6.31. The Balaban J connectivity index is 1.81. The van der Waals surface area contributed by atoms with Crippen molar-refractivity contribution in [1.29, 1.82) is 0 Å². The van der Waals surface area contributed by atoms with E-state index in [0.29, 0.717) is 0 Å². The Labute approximate surface area is 171 Å². The van der Waals surface area contributed by atoms with Crippen LogP contribution in [0.2, 0.25) is 5.02 Å². The SMILES string of the molecule is [2H]C([2H])(CC([2H])([2H])C1(F)CCN(C(=O)c2ccc(F)c(Cl)c2)C([2H])([2H])C1)c1ccc(C)cn1. The average molecular weight is 399 g/mol. The van der Waals surface area contributed by atoms with Crippen molar-refractivity contribution < 1.29 is 21.8 Å². The lowest BCUT2D eigenvalue weighted by Crippen LogP contribution is -2.44. The smallest absolute Gasteiger partial charge is 0.253 e. The van der Waals surface area contributed by atoms with Gasteiger partial charge < -0.3 is 4.90 Å². The van der Waals surface area contributed by atoms with Crippen molar-refractivity contribution >= 4 is 17.5 Å². The summed E-state index contributed by atoms with van der Waals surface area (Å²) < 4.78 is 79.0. The van der Waals surface area contributed by atoms with Crippen molar-refractivity contribution in [2.45, 2.75) is 44.6 Å². The molecule has 2 heterocycles. The first-order valence-electron chi connectivity index (χ1n) is 11.5. The molecule has 1 aliphatic rings. The Morgan fingerprint density at radius 1 is 1.41 bits per heavy atom. The molecule has 0 saturated carbocycles. The Morgan fingerprint density at radius 2 is 2.22 bits per heavy atom. The van der Waals surface area contributed by atoms with Gasteiger partial charge in [0, 0.05) is 38.7 Å². The fourth-order valence-corrected chi connectivity index (χ4v) is 2.83. The summed E-state index contributed by atoms with van der Waals surface area (Å²) in [5.41, 5.74) is -2.09. The van der Waals surface area contributed by atoms with Gasteiger partial charge in [-0.2, -0.15) is 0 Å². The predicted molar refractivity (Wildman–Crippen MR) is 102 cm³/mol. The van der Waals surface area contributed by atoms with Gasteiger partial charge in [-0.3, -0.25) is 9.78 Å². The van der Waals surface area contributed by atoms with E-state index >= 15 is 4.39 Å². The maximum absolute atomic E-state index is 15.9. The van der Waals surface area contributed by atoms with Crippen LogP contribution in [0.5, 0.6) is 0 Å². The Bertz CT molecular complexity index is 1050. The number of aromatic nitrogens is 1. The molecule has 1 amide bonds. The van der Waals surface area contributed by atoms with Gasteiger partial charge in [0.25, 0.3) is 5.91 Å². The molecule has 3 nitrogen and oxygen atoms in total. The second-order valence-corrected chi connectivity index (χ2v) is 6.79. The first-order chi connectivity index (χ1) is 15.1. The highest BCUT2D eigenvalue weighted by Crippen LogP contribution is 2.32. The number of carbonyl (C=O) groups is 1. The second-order valence-electron chi connectivity index (χ2n) is 6.39. The van der Waals surface area contributed by atoms with Crippen LogP contribution in [0.3, 0.4) is 0 Å². The summed E-state index contributed by atoms with van der Waals surface area (Å²) in [6.45, 7) is -1.27. The molecular formula is C21H23ClF2N2O. The molecule has 2 aromatic rings. The van der Waals surface area contributed by atoms with Gasteiger partial charge in [0.05, 0.1) is 5.02 Å². The lowest BCUT2D eigenvalue weighted by molar-refractivity contribution is 0.0389. The normalized spacial score (nSPS) is 26.1. The molecule has 1 atom stereocenters. The highest BCUT2D eigenvalue weighted by atomic mass is 35.5. The third-order valence-electron chi connectivity index (χ3n) is 4.28. The number of nitrogens with zero attached hydrogens (tertiary/aromatic N) is 2. The van der Waals surface area contributed by atoms with Crippen molar-refractivity contribution in [3.8, 4) is 0 Å². The van der Waals surface area contributed by atoms with Gasteiger partial charge in [0.2, 0.25) is 0 Å². The minimum Gasteiger partial charge on any atom is -0.338 e. The molecule has 144 valence electrons. The predicted octanol–water partition coefficient (Wildman–Crippen LogP) is 5.15. The first kappa shape index (κ1) is 13.2. The molecule has 1 saturated heterocycles. The molecule has 27 heavy (non-hydrogen) atoms. The van der Waals surface area contributed by atoms with Crippen molar-refractivity contribution in [3.63, 3.8) is 0 Å². The van der Waals surface area contributed by atoms with Crippen molar-refractivity contribution in [1.82, 2.24) is 9.88 Å². The Hall–Kier alpha value is -2.01. The number of hydrogen-bond acceptors (Lipinski definition) is 2. The number of alkyl halides is 1. The summed E-state index contributed by atoms with van der Waals surface area (Å²) in [6, 6.07) is 6.18. The summed E-state index contributed by atoms with van der Waals surface area (Å²) in [4.78, 5) is 17.5. The summed E-state index contributed by atoms with van der Waals surface area (Å²) in [5.74, 6) is -1.58. The van der Waals surface area contributed by atoms with Gasteiger partial charge in [0.15, 0.2) is 0 Å². The third kappa shape index (κ3) is 5.04. The van der Waals surface area contributed by atoms with Gasteiger partial charge in [0.1, 0.15) is 11.5 Å². The molecule has 0 bridgehead atoms. The van der Waals surface area contributed by atoms with Crippen molar-refractivity contribution in [2.24, 2.45) is 0 Å². The standard InChI is InChI=1S/C21H23ClF2N2O/c1-15-4-6-17(25-14-15)3-2-8-21(24)9-11-26(12-10-21)20(27)16-5-7-19(23)18(22)13-16/h4-7,13-14H,2-3,8-12H2,1H3/i3D2,8D2,11D2. The lowest BCUT2D eigenvalue weighted by atomic mass is 9.87. The number of hydrogen-bond donors (Lipinski definition) is 0. The summed E-state index contributed by atoms with van der Waals surface area (Å²) in [6.07, 6.45) is -6.06. The number of likely N-dealkylation sites (tertiary alicyclic amines) is 1. The van der Waals surface area contributed by atoms with Crippen LogP contribution in [0.15, 0.2) is 36.5 Å². The van der Waals surface area contributed by atoms with Crippen LogP contribution >= 0.6 is 11.6 Å². The Kier molecular flexibility index (Phi) is 4.08. The van der Waals surface area contributed by atoms with Gasteiger partial charge in [-0.1, -0.05) is 17.7 Å². The average Bonchev–Trinajstić information content (AvgIpc) is 2.68. The van der Waals surface area contributed by atoms with Crippen LogP contribution in [-0.4, -0.2) is 34.5 Å². The fraction of sp³-hybridized carbons (Fsp3) is 0.429. The highest BCUT2D eigenvalue weighted by Gasteiger charge is 2.35. The largest absolute Gasteiger partial charge is 0.338 e. The van der Waals surface area contributed by atoms with Crippen LogP contribution in [0.4, 0.5) is 8.78 Å².